The predicted molar refractivity (Wildman–Crippen MR) is 117 cm³/mol. The fourth-order valence-corrected chi connectivity index (χ4v) is 4.88. The number of likely N-dealkylation sites (tertiary alicyclic amines) is 2. The molecule has 3 aromatic rings. The molecule has 2 saturated heterocycles. The molecule has 5 rings (SSSR count). The summed E-state index contributed by atoms with van der Waals surface area (Å²) in [4.78, 5) is 18.1. The molecule has 0 spiro atoms. The van der Waals surface area contributed by atoms with Crippen LogP contribution in [-0.2, 0) is 0 Å². The van der Waals surface area contributed by atoms with Crippen molar-refractivity contribution in [1.82, 2.24) is 24.1 Å². The average molecular weight is 422 g/mol. The summed E-state index contributed by atoms with van der Waals surface area (Å²) < 4.78 is 17.0. The Morgan fingerprint density at radius 1 is 0.935 bits per heavy atom. The van der Waals surface area contributed by atoms with E-state index < -0.39 is 0 Å². The number of carbonyl (C=O) groups excluding carboxylic acids is 1. The van der Waals surface area contributed by atoms with Crippen molar-refractivity contribution in [2.24, 2.45) is 0 Å². The maximum Gasteiger partial charge on any atom is 0.259 e. The van der Waals surface area contributed by atoms with E-state index in [9.17, 15) is 9.18 Å². The molecule has 2 aliphatic heterocycles. The molecular weight excluding hydrogens is 393 g/mol. The largest absolute Gasteiger partial charge is 0.338 e. The third-order valence-corrected chi connectivity index (χ3v) is 6.55. The summed E-state index contributed by atoms with van der Waals surface area (Å²) in [6.45, 7) is 3.93. The number of amides is 1. The molecule has 162 valence electrons. The number of halogens is 1. The van der Waals surface area contributed by atoms with Crippen LogP contribution in [0.4, 0.5) is 4.39 Å². The summed E-state index contributed by atoms with van der Waals surface area (Å²) >= 11 is 0. The third kappa shape index (κ3) is 4.02. The number of hydrogen-bond donors (Lipinski definition) is 0. The van der Waals surface area contributed by atoms with Gasteiger partial charge < -0.3 is 14.4 Å². The topological polar surface area (TPSA) is 46.3 Å². The summed E-state index contributed by atoms with van der Waals surface area (Å²) in [6.07, 6.45) is 11.4. The molecule has 2 fully saturated rings. The highest BCUT2D eigenvalue weighted by molar-refractivity contribution is 5.97. The van der Waals surface area contributed by atoms with Gasteiger partial charge in [-0.25, -0.2) is 9.07 Å². The molecule has 0 atom stereocenters. The van der Waals surface area contributed by atoms with Gasteiger partial charge >= 0.3 is 0 Å². The highest BCUT2D eigenvalue weighted by Gasteiger charge is 2.30. The van der Waals surface area contributed by atoms with E-state index in [1.54, 1.807) is 23.0 Å². The lowest BCUT2D eigenvalue weighted by atomic mass is 9.99. The monoisotopic (exact) mass is 421 g/mol. The van der Waals surface area contributed by atoms with Crippen molar-refractivity contribution in [1.29, 1.82) is 0 Å². The lowest BCUT2D eigenvalue weighted by molar-refractivity contribution is 0.0590. The summed E-state index contributed by atoms with van der Waals surface area (Å²) in [6, 6.07) is 10.6. The molecule has 2 aliphatic rings. The molecule has 1 aromatic carbocycles. The van der Waals surface area contributed by atoms with Gasteiger partial charge in [0, 0.05) is 31.5 Å². The lowest BCUT2D eigenvalue weighted by Crippen LogP contribution is -2.48. The van der Waals surface area contributed by atoms with Crippen LogP contribution in [0.1, 0.15) is 42.5 Å². The fourth-order valence-electron chi connectivity index (χ4n) is 4.88. The maximum absolute atomic E-state index is 13.5. The minimum atomic E-state index is -0.300. The minimum Gasteiger partial charge on any atom is -0.338 e. The minimum absolute atomic E-state index is 0.00848. The van der Waals surface area contributed by atoms with Gasteiger partial charge in [0.25, 0.3) is 5.91 Å². The Balaban J connectivity index is 1.38. The first-order valence-corrected chi connectivity index (χ1v) is 11.2. The molecule has 0 aliphatic carbocycles. The van der Waals surface area contributed by atoms with E-state index in [0.29, 0.717) is 23.1 Å². The fraction of sp³-hybridized carbons (Fsp3) is 0.417. The lowest BCUT2D eigenvalue weighted by Gasteiger charge is -2.40. The van der Waals surface area contributed by atoms with Crippen LogP contribution in [0.25, 0.3) is 11.5 Å². The van der Waals surface area contributed by atoms with Crippen molar-refractivity contribution in [2.45, 2.75) is 38.1 Å². The molecule has 6 nitrogen and oxygen atoms in total. The van der Waals surface area contributed by atoms with Crippen LogP contribution in [-0.4, -0.2) is 62.3 Å². The van der Waals surface area contributed by atoms with Gasteiger partial charge in [-0.3, -0.25) is 4.79 Å². The second-order valence-corrected chi connectivity index (χ2v) is 8.48. The molecule has 1 amide bonds. The number of rotatable bonds is 4. The molecule has 2 aromatic heterocycles. The molecule has 4 heterocycles. The number of piperidine rings is 2. The summed E-state index contributed by atoms with van der Waals surface area (Å²) in [5.74, 6) is 0.389. The highest BCUT2D eigenvalue weighted by Crippen LogP contribution is 2.25. The smallest absolute Gasteiger partial charge is 0.259 e. The molecule has 7 heteroatoms. The van der Waals surface area contributed by atoms with Crippen LogP contribution >= 0.6 is 0 Å². The first-order chi connectivity index (χ1) is 15.2. The van der Waals surface area contributed by atoms with E-state index in [-0.39, 0.29) is 11.7 Å². The maximum atomic E-state index is 13.5. The van der Waals surface area contributed by atoms with Gasteiger partial charge in [0.2, 0.25) is 0 Å². The molecule has 0 radical (unpaired) electrons. The summed E-state index contributed by atoms with van der Waals surface area (Å²) in [7, 11) is 0. The van der Waals surface area contributed by atoms with Crippen LogP contribution in [0.5, 0.6) is 0 Å². The van der Waals surface area contributed by atoms with Crippen LogP contribution in [0.2, 0.25) is 0 Å². The Bertz CT molecular complexity index is 1010. The second kappa shape index (κ2) is 8.67. The molecule has 0 bridgehead atoms. The Morgan fingerprint density at radius 3 is 2.29 bits per heavy atom. The van der Waals surface area contributed by atoms with E-state index in [1.807, 2.05) is 34.0 Å². The van der Waals surface area contributed by atoms with Crippen molar-refractivity contribution in [3.63, 3.8) is 0 Å². The quantitative estimate of drug-likeness (QED) is 0.642. The average Bonchev–Trinajstić information content (AvgIpc) is 3.50. The molecule has 0 unspecified atom stereocenters. The number of hydrogen-bond acceptors (Lipinski definition) is 3. The van der Waals surface area contributed by atoms with E-state index in [1.165, 1.54) is 44.5 Å². The second-order valence-electron chi connectivity index (χ2n) is 8.48. The van der Waals surface area contributed by atoms with Crippen molar-refractivity contribution in [3.8, 4) is 11.5 Å². The Kier molecular flexibility index (Phi) is 5.59. The Hall–Kier alpha value is -2.93. The zero-order chi connectivity index (χ0) is 21.2. The zero-order valence-corrected chi connectivity index (χ0v) is 17.7. The van der Waals surface area contributed by atoms with Crippen LogP contribution in [0, 0.1) is 5.82 Å². The number of carbonyl (C=O) groups is 1. The van der Waals surface area contributed by atoms with Gasteiger partial charge in [0.05, 0.1) is 11.9 Å². The SMILES string of the molecule is O=C(c1cnn(-c2ccc(F)cc2)c1-n1cccc1)N1CCC(N2CCCCC2)CC1. The summed E-state index contributed by atoms with van der Waals surface area (Å²) in [5.41, 5.74) is 1.28. The first kappa shape index (κ1) is 20.0. The van der Waals surface area contributed by atoms with Gasteiger partial charge in [-0.1, -0.05) is 6.42 Å². The van der Waals surface area contributed by atoms with Crippen LogP contribution in [0.3, 0.4) is 0 Å². The van der Waals surface area contributed by atoms with Gasteiger partial charge in [-0.2, -0.15) is 5.10 Å². The van der Waals surface area contributed by atoms with Crippen molar-refractivity contribution in [3.05, 3.63) is 66.4 Å². The predicted octanol–water partition coefficient (Wildman–Crippen LogP) is 3.89. The number of nitrogens with zero attached hydrogens (tertiary/aromatic N) is 5. The van der Waals surface area contributed by atoms with Gasteiger partial charge in [-0.05, 0) is 75.2 Å². The molecule has 31 heavy (non-hydrogen) atoms. The van der Waals surface area contributed by atoms with E-state index in [0.717, 1.165) is 25.9 Å². The van der Waals surface area contributed by atoms with E-state index in [2.05, 4.69) is 10.00 Å². The Labute approximate surface area is 181 Å². The van der Waals surface area contributed by atoms with Crippen LogP contribution < -0.4 is 0 Å². The standard InChI is InChI=1S/C24H28FN5O/c25-19-6-8-21(9-7-19)30-23(28-14-4-5-15-28)22(18-26-30)24(31)29-16-10-20(11-17-29)27-12-2-1-3-13-27/h4-9,14-15,18,20H,1-3,10-13,16-17H2. The Morgan fingerprint density at radius 2 is 1.61 bits per heavy atom. The van der Waals surface area contributed by atoms with Crippen molar-refractivity contribution in [2.75, 3.05) is 26.2 Å². The van der Waals surface area contributed by atoms with Crippen molar-refractivity contribution < 1.29 is 9.18 Å². The van der Waals surface area contributed by atoms with Gasteiger partial charge in [0.1, 0.15) is 11.4 Å². The number of aromatic nitrogens is 3. The van der Waals surface area contributed by atoms with Gasteiger partial charge in [-0.15, -0.1) is 0 Å². The molecule has 0 N–H and O–H groups in total. The first-order valence-electron chi connectivity index (χ1n) is 11.2. The summed E-state index contributed by atoms with van der Waals surface area (Å²) in [5, 5.41) is 4.49. The van der Waals surface area contributed by atoms with Gasteiger partial charge in [0.15, 0.2) is 5.82 Å². The molecule has 0 saturated carbocycles. The van der Waals surface area contributed by atoms with E-state index >= 15 is 0 Å². The molecular formula is C24H28FN5O. The third-order valence-electron chi connectivity index (χ3n) is 6.55. The highest BCUT2D eigenvalue weighted by atomic mass is 19.1. The normalized spacial score (nSPS) is 18.4. The van der Waals surface area contributed by atoms with E-state index in [4.69, 9.17) is 0 Å². The van der Waals surface area contributed by atoms with Crippen molar-refractivity contribution >= 4 is 5.91 Å². The van der Waals surface area contributed by atoms with Crippen LogP contribution in [0.15, 0.2) is 55.0 Å². The number of benzene rings is 1. The zero-order valence-electron chi connectivity index (χ0n) is 17.7.